The van der Waals surface area contributed by atoms with E-state index in [-0.39, 0.29) is 6.04 Å². The summed E-state index contributed by atoms with van der Waals surface area (Å²) in [4.78, 5) is 12.6. The lowest BCUT2D eigenvalue weighted by Gasteiger charge is -2.16. The second-order valence-electron chi connectivity index (χ2n) is 7.50. The molecule has 0 radical (unpaired) electrons. The molecule has 0 fully saturated rings. The molecule has 0 aliphatic heterocycles. The number of nitrogens with zero attached hydrogens (tertiary/aromatic N) is 4. The van der Waals surface area contributed by atoms with Crippen LogP contribution >= 0.6 is 0 Å². The van der Waals surface area contributed by atoms with Gasteiger partial charge < -0.3 is 15.6 Å². The van der Waals surface area contributed by atoms with Crippen molar-refractivity contribution in [3.8, 4) is 0 Å². The van der Waals surface area contributed by atoms with Crippen LogP contribution in [0.15, 0.2) is 48.9 Å². The number of aryl methyl sites for hydroxylation is 1. The van der Waals surface area contributed by atoms with Gasteiger partial charge in [0.1, 0.15) is 11.5 Å². The molecule has 1 aromatic carbocycles. The van der Waals surface area contributed by atoms with E-state index in [1.165, 1.54) is 11.1 Å². The first-order chi connectivity index (χ1) is 13.7. The monoisotopic (exact) mass is 373 g/mol. The fourth-order valence-corrected chi connectivity index (χ4v) is 3.79. The zero-order chi connectivity index (χ0) is 19.1. The topological polar surface area (TPSA) is 83.5 Å². The molecule has 7 nitrogen and oxygen atoms in total. The van der Waals surface area contributed by atoms with Gasteiger partial charge in [-0.25, -0.2) is 0 Å². The molecular formula is C21H23N7. The van der Waals surface area contributed by atoms with Gasteiger partial charge in [-0.2, -0.15) is 15.1 Å². The zero-order valence-electron chi connectivity index (χ0n) is 16.0. The van der Waals surface area contributed by atoms with E-state index in [2.05, 4.69) is 63.8 Å². The number of benzene rings is 1. The molecule has 0 amide bonds. The van der Waals surface area contributed by atoms with Crippen LogP contribution in [-0.2, 0) is 6.42 Å². The van der Waals surface area contributed by atoms with Crippen LogP contribution in [0.2, 0.25) is 0 Å². The van der Waals surface area contributed by atoms with Gasteiger partial charge in [0, 0.05) is 18.4 Å². The molecule has 0 saturated heterocycles. The summed E-state index contributed by atoms with van der Waals surface area (Å²) in [6, 6.07) is 11.2. The maximum absolute atomic E-state index is 4.77. The predicted molar refractivity (Wildman–Crippen MR) is 111 cm³/mol. The molecule has 1 unspecified atom stereocenters. The normalized spacial score (nSPS) is 15.9. The third-order valence-corrected chi connectivity index (χ3v) is 5.25. The number of nitrogens with one attached hydrogen (secondary N) is 3. The Kier molecular flexibility index (Phi) is 4.00. The minimum atomic E-state index is 0.265. The highest BCUT2D eigenvalue weighted by Gasteiger charge is 2.23. The number of aromatic amines is 1. The molecule has 3 N–H and O–H groups in total. The molecular weight excluding hydrogens is 350 g/mol. The lowest BCUT2D eigenvalue weighted by Crippen LogP contribution is -2.10. The predicted octanol–water partition coefficient (Wildman–Crippen LogP) is 4.58. The molecule has 1 aliphatic rings. The minimum absolute atomic E-state index is 0.265. The van der Waals surface area contributed by atoms with Crippen molar-refractivity contribution in [2.75, 3.05) is 10.6 Å². The lowest BCUT2D eigenvalue weighted by atomic mass is 10.1. The average Bonchev–Trinajstić information content (AvgIpc) is 3.42. The number of hydrogen-bond acceptors (Lipinski definition) is 5. The van der Waals surface area contributed by atoms with Gasteiger partial charge in [-0.3, -0.25) is 4.68 Å². The van der Waals surface area contributed by atoms with Crippen molar-refractivity contribution in [1.82, 2.24) is 24.7 Å². The van der Waals surface area contributed by atoms with E-state index in [1.54, 1.807) is 6.20 Å². The van der Waals surface area contributed by atoms with Crippen molar-refractivity contribution in [2.45, 2.75) is 38.8 Å². The summed E-state index contributed by atoms with van der Waals surface area (Å²) >= 11 is 0. The number of anilines is 3. The largest absolute Gasteiger partial charge is 0.363 e. The molecule has 1 atom stereocenters. The van der Waals surface area contributed by atoms with Gasteiger partial charge in [0.2, 0.25) is 5.95 Å². The number of rotatable bonds is 5. The molecule has 7 heteroatoms. The quantitative estimate of drug-likeness (QED) is 0.477. The second kappa shape index (κ2) is 6.67. The summed E-state index contributed by atoms with van der Waals surface area (Å²) < 4.78 is 1.91. The average molecular weight is 373 g/mol. The number of H-pyrrole nitrogens is 1. The summed E-state index contributed by atoms with van der Waals surface area (Å²) in [7, 11) is 0. The zero-order valence-corrected chi connectivity index (χ0v) is 16.0. The fraction of sp³-hybridized carbons (Fsp3) is 0.286. The first-order valence-electron chi connectivity index (χ1n) is 9.68. The SMILES string of the molecule is CC(C)n1cc(Nc2nc(NC3CCc4ccccc43)c3cc[nH]c3n2)cn1. The molecule has 3 aromatic heterocycles. The third-order valence-electron chi connectivity index (χ3n) is 5.25. The summed E-state index contributed by atoms with van der Waals surface area (Å²) in [6.07, 6.45) is 7.82. The molecule has 5 rings (SSSR count). The third kappa shape index (κ3) is 2.98. The van der Waals surface area contributed by atoms with Gasteiger partial charge in [-0.1, -0.05) is 24.3 Å². The van der Waals surface area contributed by atoms with Crippen molar-refractivity contribution < 1.29 is 0 Å². The van der Waals surface area contributed by atoms with E-state index in [1.807, 2.05) is 23.1 Å². The summed E-state index contributed by atoms with van der Waals surface area (Å²) in [5.41, 5.74) is 4.45. The van der Waals surface area contributed by atoms with Crippen LogP contribution in [0.25, 0.3) is 11.0 Å². The van der Waals surface area contributed by atoms with Crippen molar-refractivity contribution in [2.24, 2.45) is 0 Å². The molecule has 0 spiro atoms. The van der Waals surface area contributed by atoms with Gasteiger partial charge in [0.15, 0.2) is 0 Å². The summed E-state index contributed by atoms with van der Waals surface area (Å²) in [5.74, 6) is 1.39. The van der Waals surface area contributed by atoms with Gasteiger partial charge in [-0.15, -0.1) is 0 Å². The van der Waals surface area contributed by atoms with E-state index in [0.717, 1.165) is 35.4 Å². The van der Waals surface area contributed by atoms with Crippen molar-refractivity contribution in [3.63, 3.8) is 0 Å². The van der Waals surface area contributed by atoms with E-state index >= 15 is 0 Å². The number of aromatic nitrogens is 5. The first kappa shape index (κ1) is 16.8. The molecule has 142 valence electrons. The van der Waals surface area contributed by atoms with E-state index in [9.17, 15) is 0 Å². The van der Waals surface area contributed by atoms with Gasteiger partial charge >= 0.3 is 0 Å². The van der Waals surface area contributed by atoms with Gasteiger partial charge in [0.05, 0.1) is 23.3 Å². The highest BCUT2D eigenvalue weighted by molar-refractivity contribution is 5.88. The summed E-state index contributed by atoms with van der Waals surface area (Å²) in [5, 5.41) is 12.3. The lowest BCUT2D eigenvalue weighted by molar-refractivity contribution is 0.532. The smallest absolute Gasteiger partial charge is 0.231 e. The van der Waals surface area contributed by atoms with Crippen molar-refractivity contribution in [1.29, 1.82) is 0 Å². The molecule has 28 heavy (non-hydrogen) atoms. The van der Waals surface area contributed by atoms with Crippen LogP contribution < -0.4 is 10.6 Å². The van der Waals surface area contributed by atoms with E-state index in [0.29, 0.717) is 12.0 Å². The molecule has 0 saturated carbocycles. The summed E-state index contributed by atoms with van der Waals surface area (Å²) in [6.45, 7) is 4.19. The Hall–Kier alpha value is -3.35. The Balaban J connectivity index is 1.46. The highest BCUT2D eigenvalue weighted by Crippen LogP contribution is 2.35. The van der Waals surface area contributed by atoms with Crippen LogP contribution in [0, 0.1) is 0 Å². The molecule has 0 bridgehead atoms. The Labute approximate surface area is 163 Å². The van der Waals surface area contributed by atoms with Crippen molar-refractivity contribution >= 4 is 28.5 Å². The van der Waals surface area contributed by atoms with Crippen LogP contribution in [0.5, 0.6) is 0 Å². The van der Waals surface area contributed by atoms with Gasteiger partial charge in [-0.05, 0) is 43.9 Å². The molecule has 4 aromatic rings. The Morgan fingerprint density at radius 3 is 2.93 bits per heavy atom. The highest BCUT2D eigenvalue weighted by atomic mass is 15.3. The van der Waals surface area contributed by atoms with Crippen LogP contribution in [0.1, 0.15) is 43.5 Å². The standard InChI is InChI=1S/C21H23N7/c1-13(2)28-12-15(11-23-28)24-21-26-19-17(9-10-22-19)20(27-21)25-18-8-7-14-5-3-4-6-16(14)18/h3-6,9-13,18H,7-8H2,1-2H3,(H3,22,24,25,26,27). The van der Waals surface area contributed by atoms with E-state index < -0.39 is 0 Å². The van der Waals surface area contributed by atoms with Crippen LogP contribution in [-0.4, -0.2) is 24.7 Å². The van der Waals surface area contributed by atoms with Crippen molar-refractivity contribution in [3.05, 3.63) is 60.0 Å². The Morgan fingerprint density at radius 1 is 1.18 bits per heavy atom. The van der Waals surface area contributed by atoms with Gasteiger partial charge in [0.25, 0.3) is 0 Å². The van der Waals surface area contributed by atoms with Crippen LogP contribution in [0.4, 0.5) is 17.5 Å². The van der Waals surface area contributed by atoms with E-state index in [4.69, 9.17) is 4.98 Å². The second-order valence-corrected chi connectivity index (χ2v) is 7.50. The minimum Gasteiger partial charge on any atom is -0.363 e. The molecule has 3 heterocycles. The Bertz CT molecular complexity index is 1120. The maximum Gasteiger partial charge on any atom is 0.231 e. The number of hydrogen-bond donors (Lipinski definition) is 3. The molecule has 1 aliphatic carbocycles. The maximum atomic E-state index is 4.77. The first-order valence-corrected chi connectivity index (χ1v) is 9.68. The number of fused-ring (bicyclic) bond motifs is 2. The fourth-order valence-electron chi connectivity index (χ4n) is 3.79. The Morgan fingerprint density at radius 2 is 2.07 bits per heavy atom. The van der Waals surface area contributed by atoms with Crippen LogP contribution in [0.3, 0.4) is 0 Å².